The van der Waals surface area contributed by atoms with Crippen molar-refractivity contribution >= 4 is 5.97 Å². The van der Waals surface area contributed by atoms with Crippen LogP contribution in [0.2, 0.25) is 0 Å². The molecule has 0 unspecified atom stereocenters. The molecule has 0 fully saturated rings. The third kappa shape index (κ3) is 4.09. The van der Waals surface area contributed by atoms with Crippen LogP contribution in [0.3, 0.4) is 0 Å². The summed E-state index contributed by atoms with van der Waals surface area (Å²) in [6, 6.07) is 11.8. The summed E-state index contributed by atoms with van der Waals surface area (Å²) in [5.41, 5.74) is 4.52. The van der Waals surface area contributed by atoms with Crippen molar-refractivity contribution in [2.24, 2.45) is 0 Å². The van der Waals surface area contributed by atoms with E-state index in [4.69, 9.17) is 9.84 Å². The number of benzene rings is 2. The zero-order valence-electron chi connectivity index (χ0n) is 12.6. The smallest absolute Gasteiger partial charge is 0.303 e. The van der Waals surface area contributed by atoms with Gasteiger partial charge in [-0.15, -0.1) is 0 Å². The van der Waals surface area contributed by atoms with Gasteiger partial charge in [-0.3, -0.25) is 4.79 Å². The Balaban J connectivity index is 2.12. The summed E-state index contributed by atoms with van der Waals surface area (Å²) >= 11 is 0. The first-order chi connectivity index (χ1) is 9.95. The third-order valence-electron chi connectivity index (χ3n) is 3.54. The minimum Gasteiger partial charge on any atom is -0.481 e. The molecule has 2 aromatic carbocycles. The van der Waals surface area contributed by atoms with Crippen molar-refractivity contribution in [1.29, 1.82) is 0 Å². The molecule has 3 nitrogen and oxygen atoms in total. The van der Waals surface area contributed by atoms with Gasteiger partial charge in [-0.05, 0) is 67.6 Å². The normalized spacial score (nSPS) is 10.4. The Morgan fingerprint density at radius 2 is 1.76 bits per heavy atom. The van der Waals surface area contributed by atoms with Crippen LogP contribution in [-0.2, 0) is 11.2 Å². The Morgan fingerprint density at radius 1 is 1.10 bits per heavy atom. The highest BCUT2D eigenvalue weighted by Gasteiger charge is 2.06. The van der Waals surface area contributed by atoms with Gasteiger partial charge in [0, 0.05) is 6.42 Å². The standard InChI is InChI=1S/C18H20O3/c1-12-10-13(2)14(3)17(11-12)21-16-7-4-15(5-8-16)6-9-18(19)20/h4-5,7-8,10-11H,6,9H2,1-3H3,(H,19,20). The zero-order chi connectivity index (χ0) is 15.4. The molecule has 0 spiro atoms. The summed E-state index contributed by atoms with van der Waals surface area (Å²) < 4.78 is 5.94. The molecule has 0 aliphatic heterocycles. The Labute approximate surface area is 125 Å². The molecular formula is C18H20O3. The second-order valence-corrected chi connectivity index (χ2v) is 5.34. The molecule has 110 valence electrons. The largest absolute Gasteiger partial charge is 0.481 e. The second kappa shape index (κ2) is 6.44. The lowest BCUT2D eigenvalue weighted by Gasteiger charge is -2.12. The monoisotopic (exact) mass is 284 g/mol. The number of carboxylic acid groups (broad SMARTS) is 1. The van der Waals surface area contributed by atoms with Crippen molar-refractivity contribution in [3.8, 4) is 11.5 Å². The molecule has 0 saturated heterocycles. The maximum atomic E-state index is 10.6. The van der Waals surface area contributed by atoms with Crippen LogP contribution in [0.5, 0.6) is 11.5 Å². The van der Waals surface area contributed by atoms with Crippen LogP contribution in [0.1, 0.15) is 28.7 Å². The van der Waals surface area contributed by atoms with Gasteiger partial charge in [-0.25, -0.2) is 0 Å². The molecule has 2 rings (SSSR count). The van der Waals surface area contributed by atoms with E-state index in [1.807, 2.05) is 44.2 Å². The van der Waals surface area contributed by atoms with E-state index in [1.54, 1.807) is 0 Å². The third-order valence-corrected chi connectivity index (χ3v) is 3.54. The number of carbonyl (C=O) groups is 1. The maximum Gasteiger partial charge on any atom is 0.303 e. The summed E-state index contributed by atoms with van der Waals surface area (Å²) in [5, 5.41) is 8.68. The lowest BCUT2D eigenvalue weighted by atomic mass is 10.1. The van der Waals surface area contributed by atoms with E-state index in [0.717, 1.165) is 22.6 Å². The fourth-order valence-electron chi connectivity index (χ4n) is 2.21. The van der Waals surface area contributed by atoms with E-state index in [9.17, 15) is 4.79 Å². The molecule has 0 atom stereocenters. The van der Waals surface area contributed by atoms with Crippen molar-refractivity contribution in [3.63, 3.8) is 0 Å². The fourth-order valence-corrected chi connectivity index (χ4v) is 2.21. The number of ether oxygens (including phenoxy) is 1. The van der Waals surface area contributed by atoms with E-state index in [0.29, 0.717) is 6.42 Å². The van der Waals surface area contributed by atoms with E-state index in [2.05, 4.69) is 13.0 Å². The Morgan fingerprint density at radius 3 is 2.38 bits per heavy atom. The van der Waals surface area contributed by atoms with Crippen LogP contribution in [0, 0.1) is 20.8 Å². The number of aryl methyl sites for hydroxylation is 3. The minimum absolute atomic E-state index is 0.149. The molecule has 3 heteroatoms. The summed E-state index contributed by atoms with van der Waals surface area (Å²) in [5.74, 6) is 0.856. The van der Waals surface area contributed by atoms with Crippen LogP contribution in [0.25, 0.3) is 0 Å². The second-order valence-electron chi connectivity index (χ2n) is 5.34. The van der Waals surface area contributed by atoms with Crippen molar-refractivity contribution in [3.05, 3.63) is 58.7 Å². The molecule has 0 saturated carbocycles. The SMILES string of the molecule is Cc1cc(C)c(C)c(Oc2ccc(CCC(=O)O)cc2)c1. The van der Waals surface area contributed by atoms with Gasteiger partial charge in [0.15, 0.2) is 0 Å². The number of hydrogen-bond donors (Lipinski definition) is 1. The van der Waals surface area contributed by atoms with Crippen LogP contribution in [0.4, 0.5) is 0 Å². The Bertz CT molecular complexity index is 642. The van der Waals surface area contributed by atoms with Crippen LogP contribution in [0.15, 0.2) is 36.4 Å². The summed E-state index contributed by atoms with van der Waals surface area (Å²) in [4.78, 5) is 10.6. The van der Waals surface area contributed by atoms with Gasteiger partial charge >= 0.3 is 5.97 Å². The van der Waals surface area contributed by atoms with Gasteiger partial charge in [0.05, 0.1) is 0 Å². The van der Waals surface area contributed by atoms with E-state index < -0.39 is 5.97 Å². The van der Waals surface area contributed by atoms with E-state index >= 15 is 0 Å². The molecule has 2 aromatic rings. The van der Waals surface area contributed by atoms with E-state index in [-0.39, 0.29) is 6.42 Å². The molecule has 1 N–H and O–H groups in total. The molecular weight excluding hydrogens is 264 g/mol. The van der Waals surface area contributed by atoms with Crippen LogP contribution in [-0.4, -0.2) is 11.1 Å². The van der Waals surface area contributed by atoms with Crippen molar-refractivity contribution in [1.82, 2.24) is 0 Å². The molecule has 21 heavy (non-hydrogen) atoms. The first-order valence-electron chi connectivity index (χ1n) is 7.02. The summed E-state index contributed by atoms with van der Waals surface area (Å²) in [6.45, 7) is 6.17. The van der Waals surface area contributed by atoms with Crippen LogP contribution < -0.4 is 4.74 Å². The molecule has 0 aliphatic rings. The molecule has 0 amide bonds. The number of rotatable bonds is 5. The van der Waals surface area contributed by atoms with Gasteiger partial charge in [0.1, 0.15) is 11.5 Å². The fraction of sp³-hybridized carbons (Fsp3) is 0.278. The quantitative estimate of drug-likeness (QED) is 0.884. The predicted molar refractivity (Wildman–Crippen MR) is 83.1 cm³/mol. The molecule has 0 aliphatic carbocycles. The first kappa shape index (κ1) is 15.1. The highest BCUT2D eigenvalue weighted by atomic mass is 16.5. The zero-order valence-corrected chi connectivity index (χ0v) is 12.6. The summed E-state index contributed by atoms with van der Waals surface area (Å²) in [6.07, 6.45) is 0.689. The lowest BCUT2D eigenvalue weighted by Crippen LogP contribution is -1.97. The van der Waals surface area contributed by atoms with Crippen molar-refractivity contribution in [2.75, 3.05) is 0 Å². The topological polar surface area (TPSA) is 46.5 Å². The Hall–Kier alpha value is -2.29. The van der Waals surface area contributed by atoms with Gasteiger partial charge in [-0.2, -0.15) is 0 Å². The average Bonchev–Trinajstić information content (AvgIpc) is 2.43. The summed E-state index contributed by atoms with van der Waals surface area (Å²) in [7, 11) is 0. The minimum atomic E-state index is -0.777. The van der Waals surface area contributed by atoms with Gasteiger partial charge in [-0.1, -0.05) is 18.2 Å². The van der Waals surface area contributed by atoms with Crippen molar-refractivity contribution in [2.45, 2.75) is 33.6 Å². The van der Waals surface area contributed by atoms with Gasteiger partial charge < -0.3 is 9.84 Å². The highest BCUT2D eigenvalue weighted by molar-refractivity contribution is 5.67. The van der Waals surface area contributed by atoms with Crippen molar-refractivity contribution < 1.29 is 14.6 Å². The highest BCUT2D eigenvalue weighted by Crippen LogP contribution is 2.28. The van der Waals surface area contributed by atoms with E-state index in [1.165, 1.54) is 11.1 Å². The molecule has 0 radical (unpaired) electrons. The van der Waals surface area contributed by atoms with Gasteiger partial charge in [0.2, 0.25) is 0 Å². The lowest BCUT2D eigenvalue weighted by molar-refractivity contribution is -0.136. The van der Waals surface area contributed by atoms with Gasteiger partial charge in [0.25, 0.3) is 0 Å². The molecule has 0 heterocycles. The Kier molecular flexibility index (Phi) is 4.63. The first-order valence-corrected chi connectivity index (χ1v) is 7.02. The van der Waals surface area contributed by atoms with Crippen LogP contribution >= 0.6 is 0 Å². The average molecular weight is 284 g/mol. The number of aliphatic carboxylic acids is 1. The number of hydrogen-bond acceptors (Lipinski definition) is 2. The molecule has 0 bridgehead atoms. The molecule has 0 aromatic heterocycles. The predicted octanol–water partition coefficient (Wildman–Crippen LogP) is 4.42. The maximum absolute atomic E-state index is 10.6. The number of carboxylic acids is 1.